The molecule has 0 saturated carbocycles. The maximum absolute atomic E-state index is 12.0. The van der Waals surface area contributed by atoms with Crippen molar-refractivity contribution in [2.75, 3.05) is 20.2 Å². The first kappa shape index (κ1) is 10.0. The number of para-hydroxylation sites is 1. The zero-order valence-corrected chi connectivity index (χ0v) is 9.06. The molecule has 3 heteroatoms. The highest BCUT2D eigenvalue weighted by Gasteiger charge is 2.29. The minimum absolute atomic E-state index is 0.0746. The molecule has 0 N–H and O–H groups in total. The number of benzene rings is 1. The van der Waals surface area contributed by atoms with Crippen LogP contribution in [0.2, 0.25) is 0 Å². The Kier molecular flexibility index (Phi) is 2.62. The third-order valence-electron chi connectivity index (χ3n) is 2.69. The minimum Gasteiger partial charge on any atom is -0.496 e. The lowest BCUT2D eigenvalue weighted by Crippen LogP contribution is -2.48. The molecule has 80 valence electrons. The third kappa shape index (κ3) is 1.82. The van der Waals surface area contributed by atoms with Crippen LogP contribution in [-0.4, -0.2) is 31.0 Å². The van der Waals surface area contributed by atoms with Gasteiger partial charge in [0.25, 0.3) is 5.91 Å². The largest absolute Gasteiger partial charge is 0.496 e. The van der Waals surface area contributed by atoms with Crippen LogP contribution in [0.4, 0.5) is 0 Å². The second-order valence-electron chi connectivity index (χ2n) is 4.02. The average Bonchev–Trinajstić information content (AvgIpc) is 2.24. The highest BCUT2D eigenvalue weighted by molar-refractivity contribution is 5.97. The van der Waals surface area contributed by atoms with E-state index in [1.54, 1.807) is 7.11 Å². The molecule has 1 fully saturated rings. The summed E-state index contributed by atoms with van der Waals surface area (Å²) in [6.07, 6.45) is 0. The van der Waals surface area contributed by atoms with Gasteiger partial charge in [0.1, 0.15) is 5.75 Å². The molecule has 1 saturated heterocycles. The lowest BCUT2D eigenvalue weighted by Gasteiger charge is -2.37. The molecular formula is C12H15NO2. The third-order valence-corrected chi connectivity index (χ3v) is 2.69. The number of amides is 1. The Hall–Kier alpha value is -1.51. The van der Waals surface area contributed by atoms with Gasteiger partial charge in [0.15, 0.2) is 0 Å². The Morgan fingerprint density at radius 3 is 2.67 bits per heavy atom. The highest BCUT2D eigenvalue weighted by Crippen LogP contribution is 2.23. The van der Waals surface area contributed by atoms with Gasteiger partial charge in [-0.3, -0.25) is 4.79 Å². The molecule has 1 aromatic carbocycles. The minimum atomic E-state index is 0.0746. The number of likely N-dealkylation sites (tertiary alicyclic amines) is 1. The van der Waals surface area contributed by atoms with Crippen LogP contribution in [0.5, 0.6) is 5.75 Å². The van der Waals surface area contributed by atoms with Gasteiger partial charge in [-0.15, -0.1) is 0 Å². The molecule has 0 aromatic heterocycles. The van der Waals surface area contributed by atoms with Gasteiger partial charge in [0.05, 0.1) is 12.7 Å². The number of hydrogen-bond acceptors (Lipinski definition) is 2. The van der Waals surface area contributed by atoms with E-state index in [4.69, 9.17) is 4.74 Å². The zero-order chi connectivity index (χ0) is 10.8. The lowest BCUT2D eigenvalue weighted by atomic mass is 10.0. The van der Waals surface area contributed by atoms with Gasteiger partial charge in [-0.05, 0) is 18.1 Å². The van der Waals surface area contributed by atoms with Crippen LogP contribution in [0.25, 0.3) is 0 Å². The predicted octanol–water partition coefficient (Wildman–Crippen LogP) is 1.79. The molecule has 3 nitrogen and oxygen atoms in total. The summed E-state index contributed by atoms with van der Waals surface area (Å²) >= 11 is 0. The Morgan fingerprint density at radius 1 is 1.40 bits per heavy atom. The van der Waals surface area contributed by atoms with E-state index in [-0.39, 0.29) is 5.91 Å². The highest BCUT2D eigenvalue weighted by atomic mass is 16.5. The molecule has 1 amide bonds. The molecule has 0 atom stereocenters. The first-order chi connectivity index (χ1) is 7.22. The maximum Gasteiger partial charge on any atom is 0.257 e. The summed E-state index contributed by atoms with van der Waals surface area (Å²) in [5, 5.41) is 0. The standard InChI is InChI=1S/C12H15NO2/c1-9-7-13(8-9)12(14)10-5-3-4-6-11(10)15-2/h3-6,9H,7-8H2,1-2H3. The molecule has 0 radical (unpaired) electrons. The Balaban J connectivity index is 2.18. The monoisotopic (exact) mass is 205 g/mol. The van der Waals surface area contributed by atoms with Crippen LogP contribution in [0, 0.1) is 5.92 Å². The van der Waals surface area contributed by atoms with Crippen molar-refractivity contribution in [3.63, 3.8) is 0 Å². The second kappa shape index (κ2) is 3.93. The quantitative estimate of drug-likeness (QED) is 0.736. The molecule has 0 bridgehead atoms. The van der Waals surface area contributed by atoms with Crippen molar-refractivity contribution in [3.8, 4) is 5.75 Å². The summed E-state index contributed by atoms with van der Waals surface area (Å²) in [6, 6.07) is 7.36. The van der Waals surface area contributed by atoms with Crippen molar-refractivity contribution < 1.29 is 9.53 Å². The van der Waals surface area contributed by atoms with Crippen molar-refractivity contribution in [2.45, 2.75) is 6.92 Å². The summed E-state index contributed by atoms with van der Waals surface area (Å²) in [4.78, 5) is 13.8. The molecule has 1 heterocycles. The van der Waals surface area contributed by atoms with Crippen LogP contribution >= 0.6 is 0 Å². The fourth-order valence-electron chi connectivity index (χ4n) is 1.86. The molecule has 2 rings (SSSR count). The zero-order valence-electron chi connectivity index (χ0n) is 9.06. The summed E-state index contributed by atoms with van der Waals surface area (Å²) in [7, 11) is 1.59. The molecule has 0 unspecified atom stereocenters. The fourth-order valence-corrected chi connectivity index (χ4v) is 1.86. The fraction of sp³-hybridized carbons (Fsp3) is 0.417. The van der Waals surface area contributed by atoms with Crippen molar-refractivity contribution >= 4 is 5.91 Å². The van der Waals surface area contributed by atoms with E-state index in [1.165, 1.54) is 0 Å². The van der Waals surface area contributed by atoms with Gasteiger partial charge in [-0.1, -0.05) is 19.1 Å². The number of carbonyl (C=O) groups is 1. The van der Waals surface area contributed by atoms with Gasteiger partial charge in [0, 0.05) is 13.1 Å². The van der Waals surface area contributed by atoms with E-state index >= 15 is 0 Å². The maximum atomic E-state index is 12.0. The average molecular weight is 205 g/mol. The van der Waals surface area contributed by atoms with Gasteiger partial charge in [-0.25, -0.2) is 0 Å². The van der Waals surface area contributed by atoms with Crippen LogP contribution in [-0.2, 0) is 0 Å². The van der Waals surface area contributed by atoms with Crippen molar-refractivity contribution in [1.82, 2.24) is 4.90 Å². The topological polar surface area (TPSA) is 29.5 Å². The molecule has 0 spiro atoms. The van der Waals surface area contributed by atoms with Crippen LogP contribution < -0.4 is 4.74 Å². The van der Waals surface area contributed by atoms with Crippen LogP contribution in [0.15, 0.2) is 24.3 Å². The van der Waals surface area contributed by atoms with Crippen molar-refractivity contribution in [1.29, 1.82) is 0 Å². The predicted molar refractivity (Wildman–Crippen MR) is 58.1 cm³/mol. The summed E-state index contributed by atoms with van der Waals surface area (Å²) in [5.74, 6) is 1.36. The van der Waals surface area contributed by atoms with Gasteiger partial charge in [-0.2, -0.15) is 0 Å². The summed E-state index contributed by atoms with van der Waals surface area (Å²) < 4.78 is 5.16. The van der Waals surface area contributed by atoms with E-state index in [9.17, 15) is 4.79 Å². The number of rotatable bonds is 2. The van der Waals surface area contributed by atoms with Gasteiger partial charge >= 0.3 is 0 Å². The van der Waals surface area contributed by atoms with Crippen molar-refractivity contribution in [2.24, 2.45) is 5.92 Å². The van der Waals surface area contributed by atoms with Crippen LogP contribution in [0.1, 0.15) is 17.3 Å². The first-order valence-corrected chi connectivity index (χ1v) is 5.14. The van der Waals surface area contributed by atoms with E-state index < -0.39 is 0 Å². The molecule has 1 aromatic rings. The molecular weight excluding hydrogens is 190 g/mol. The Morgan fingerprint density at radius 2 is 2.07 bits per heavy atom. The van der Waals surface area contributed by atoms with Gasteiger partial charge in [0.2, 0.25) is 0 Å². The SMILES string of the molecule is COc1ccccc1C(=O)N1CC(C)C1. The summed E-state index contributed by atoms with van der Waals surface area (Å²) in [5.41, 5.74) is 0.659. The van der Waals surface area contributed by atoms with Crippen LogP contribution in [0.3, 0.4) is 0 Å². The molecule has 15 heavy (non-hydrogen) atoms. The smallest absolute Gasteiger partial charge is 0.257 e. The van der Waals surface area contributed by atoms with Gasteiger partial charge < -0.3 is 9.64 Å². The lowest BCUT2D eigenvalue weighted by molar-refractivity contribution is 0.0527. The van der Waals surface area contributed by atoms with Crippen molar-refractivity contribution in [3.05, 3.63) is 29.8 Å². The molecule has 0 aliphatic carbocycles. The Bertz CT molecular complexity index is 370. The number of ether oxygens (including phenoxy) is 1. The summed E-state index contributed by atoms with van der Waals surface area (Å²) in [6.45, 7) is 3.86. The van der Waals surface area contributed by atoms with E-state index in [0.717, 1.165) is 13.1 Å². The van der Waals surface area contributed by atoms with E-state index in [2.05, 4.69) is 6.92 Å². The second-order valence-corrected chi connectivity index (χ2v) is 4.02. The van der Waals surface area contributed by atoms with E-state index in [1.807, 2.05) is 29.2 Å². The number of methoxy groups -OCH3 is 1. The number of carbonyl (C=O) groups excluding carboxylic acids is 1. The normalized spacial score (nSPS) is 16.0. The number of nitrogens with zero attached hydrogens (tertiary/aromatic N) is 1. The number of hydrogen-bond donors (Lipinski definition) is 0. The Labute approximate surface area is 89.7 Å². The van der Waals surface area contributed by atoms with E-state index in [0.29, 0.717) is 17.2 Å². The molecule has 1 aliphatic rings. The first-order valence-electron chi connectivity index (χ1n) is 5.14. The molecule has 1 aliphatic heterocycles.